The Morgan fingerprint density at radius 2 is 1.93 bits per heavy atom. The number of rotatable bonds is 12. The molecular formula is C22H30FN3O3S. The van der Waals surface area contributed by atoms with Gasteiger partial charge in [-0.25, -0.2) is 9.38 Å². The number of hydrogen-bond acceptors (Lipinski definition) is 5. The normalized spacial score (nSPS) is 11.3. The second-order valence-electron chi connectivity index (χ2n) is 6.34. The van der Waals surface area contributed by atoms with Crippen LogP contribution < -0.4 is 20.1 Å². The van der Waals surface area contributed by atoms with Crippen molar-refractivity contribution in [1.82, 2.24) is 10.6 Å². The van der Waals surface area contributed by atoms with Gasteiger partial charge in [-0.2, -0.15) is 0 Å². The molecule has 2 aromatic carbocycles. The maximum absolute atomic E-state index is 12.9. The lowest BCUT2D eigenvalue weighted by molar-refractivity contribution is 0.196. The fraction of sp³-hybridized carbons (Fsp3) is 0.409. The van der Waals surface area contributed by atoms with Crippen LogP contribution in [0.5, 0.6) is 11.5 Å². The predicted octanol–water partition coefficient (Wildman–Crippen LogP) is 3.44. The van der Waals surface area contributed by atoms with Crippen LogP contribution in [0.15, 0.2) is 52.4 Å². The molecule has 0 aliphatic heterocycles. The summed E-state index contributed by atoms with van der Waals surface area (Å²) in [6.07, 6.45) is 0.956. The van der Waals surface area contributed by atoms with Crippen molar-refractivity contribution < 1.29 is 19.0 Å². The van der Waals surface area contributed by atoms with Crippen LogP contribution in [0, 0.1) is 5.82 Å². The highest BCUT2D eigenvalue weighted by Crippen LogP contribution is 2.28. The van der Waals surface area contributed by atoms with E-state index in [9.17, 15) is 4.39 Å². The highest BCUT2D eigenvalue weighted by Gasteiger charge is 2.06. The molecule has 0 saturated heterocycles. The van der Waals surface area contributed by atoms with E-state index in [0.29, 0.717) is 18.0 Å². The van der Waals surface area contributed by atoms with Crippen molar-refractivity contribution in [3.8, 4) is 11.5 Å². The van der Waals surface area contributed by atoms with Crippen LogP contribution in [-0.2, 0) is 6.54 Å². The first-order valence-electron chi connectivity index (χ1n) is 9.97. The standard InChI is InChI=1S/C22H30FN3O3S/c1-3-24-22(25-11-4-14-30-19-8-6-18(23)7-9-19)26-16-17-5-10-20(29-13-12-27)21(15-17)28-2/h5-10,15,27H,3-4,11-14,16H2,1-2H3,(H2,24,25,26). The van der Waals surface area contributed by atoms with Crippen molar-refractivity contribution in [2.24, 2.45) is 4.99 Å². The summed E-state index contributed by atoms with van der Waals surface area (Å²) in [6, 6.07) is 12.2. The number of nitrogens with one attached hydrogen (secondary N) is 2. The molecule has 0 fully saturated rings. The lowest BCUT2D eigenvalue weighted by Crippen LogP contribution is -2.37. The maximum atomic E-state index is 12.9. The van der Waals surface area contributed by atoms with E-state index in [1.165, 1.54) is 12.1 Å². The van der Waals surface area contributed by atoms with Crippen LogP contribution in [0.4, 0.5) is 4.39 Å². The molecule has 0 bridgehead atoms. The average molecular weight is 436 g/mol. The van der Waals surface area contributed by atoms with Crippen LogP contribution in [-0.4, -0.2) is 50.2 Å². The monoisotopic (exact) mass is 435 g/mol. The number of ether oxygens (including phenoxy) is 2. The van der Waals surface area contributed by atoms with E-state index >= 15 is 0 Å². The van der Waals surface area contributed by atoms with Gasteiger partial charge in [-0.1, -0.05) is 6.07 Å². The van der Waals surface area contributed by atoms with E-state index in [-0.39, 0.29) is 19.0 Å². The summed E-state index contributed by atoms with van der Waals surface area (Å²) in [5.74, 6) is 2.70. The maximum Gasteiger partial charge on any atom is 0.191 e. The van der Waals surface area contributed by atoms with Crippen molar-refractivity contribution in [2.75, 3.05) is 39.2 Å². The summed E-state index contributed by atoms with van der Waals surface area (Å²) in [6.45, 7) is 4.26. The van der Waals surface area contributed by atoms with E-state index in [1.54, 1.807) is 31.0 Å². The van der Waals surface area contributed by atoms with E-state index in [2.05, 4.69) is 15.6 Å². The number of aliphatic hydroxyl groups excluding tert-OH is 1. The zero-order chi connectivity index (χ0) is 21.6. The third-order valence-corrected chi connectivity index (χ3v) is 5.14. The summed E-state index contributed by atoms with van der Waals surface area (Å²) in [4.78, 5) is 5.69. The topological polar surface area (TPSA) is 75.1 Å². The van der Waals surface area contributed by atoms with E-state index in [4.69, 9.17) is 14.6 Å². The SMILES string of the molecule is CCNC(=NCc1ccc(OCCO)c(OC)c1)NCCCSc1ccc(F)cc1. The molecule has 3 N–H and O–H groups in total. The van der Waals surface area contributed by atoms with Crippen LogP contribution in [0.3, 0.4) is 0 Å². The highest BCUT2D eigenvalue weighted by atomic mass is 32.2. The molecule has 8 heteroatoms. The summed E-state index contributed by atoms with van der Waals surface area (Å²) in [7, 11) is 1.59. The molecule has 6 nitrogen and oxygen atoms in total. The molecule has 164 valence electrons. The van der Waals surface area contributed by atoms with Gasteiger partial charge in [0.25, 0.3) is 0 Å². The zero-order valence-electron chi connectivity index (χ0n) is 17.5. The highest BCUT2D eigenvalue weighted by molar-refractivity contribution is 7.99. The fourth-order valence-corrected chi connectivity index (χ4v) is 3.45. The molecule has 2 rings (SSSR count). The third kappa shape index (κ3) is 8.51. The second kappa shape index (κ2) is 13.7. The molecule has 30 heavy (non-hydrogen) atoms. The molecule has 0 amide bonds. The molecule has 0 aliphatic rings. The van der Waals surface area contributed by atoms with Crippen molar-refractivity contribution in [3.05, 3.63) is 53.8 Å². The first-order chi connectivity index (χ1) is 14.7. The Hall–Kier alpha value is -2.45. The lowest BCUT2D eigenvalue weighted by Gasteiger charge is -2.13. The Bertz CT molecular complexity index is 788. The van der Waals surface area contributed by atoms with Gasteiger partial charge in [0.2, 0.25) is 0 Å². The molecule has 0 radical (unpaired) electrons. The largest absolute Gasteiger partial charge is 0.493 e. The van der Waals surface area contributed by atoms with E-state index in [1.807, 2.05) is 25.1 Å². The summed E-state index contributed by atoms with van der Waals surface area (Å²) in [5.41, 5.74) is 0.993. The van der Waals surface area contributed by atoms with Gasteiger partial charge in [0.05, 0.1) is 20.3 Å². The van der Waals surface area contributed by atoms with Gasteiger partial charge in [0.15, 0.2) is 17.5 Å². The Labute approximate surface area is 181 Å². The molecule has 0 aromatic heterocycles. The Balaban J connectivity index is 1.82. The number of thioether (sulfide) groups is 1. The third-order valence-electron chi connectivity index (χ3n) is 4.04. The number of aliphatic imine (C=N–C) groups is 1. The van der Waals surface area contributed by atoms with E-state index < -0.39 is 0 Å². The molecule has 2 aromatic rings. The van der Waals surface area contributed by atoms with Crippen molar-refractivity contribution in [1.29, 1.82) is 0 Å². The molecule has 0 atom stereocenters. The van der Waals surface area contributed by atoms with Gasteiger partial charge in [-0.05, 0) is 61.1 Å². The number of nitrogens with zero attached hydrogens (tertiary/aromatic N) is 1. The number of methoxy groups -OCH3 is 1. The van der Waals surface area contributed by atoms with Crippen LogP contribution in [0.2, 0.25) is 0 Å². The van der Waals surface area contributed by atoms with Crippen molar-refractivity contribution in [2.45, 2.75) is 24.8 Å². The number of hydrogen-bond donors (Lipinski definition) is 3. The van der Waals surface area contributed by atoms with Gasteiger partial charge in [0.1, 0.15) is 12.4 Å². The molecule has 0 aliphatic carbocycles. The predicted molar refractivity (Wildman–Crippen MR) is 120 cm³/mol. The Kier molecular flexibility index (Phi) is 10.9. The first-order valence-corrected chi connectivity index (χ1v) is 11.0. The minimum atomic E-state index is -0.211. The second-order valence-corrected chi connectivity index (χ2v) is 7.50. The number of benzene rings is 2. The van der Waals surface area contributed by atoms with Crippen molar-refractivity contribution in [3.63, 3.8) is 0 Å². The van der Waals surface area contributed by atoms with Gasteiger partial charge >= 0.3 is 0 Å². The lowest BCUT2D eigenvalue weighted by atomic mass is 10.2. The molecular weight excluding hydrogens is 405 g/mol. The Morgan fingerprint density at radius 3 is 2.63 bits per heavy atom. The van der Waals surface area contributed by atoms with Gasteiger partial charge in [0, 0.05) is 18.0 Å². The van der Waals surface area contributed by atoms with E-state index in [0.717, 1.165) is 41.7 Å². The number of guanidine groups is 1. The minimum Gasteiger partial charge on any atom is -0.493 e. The Morgan fingerprint density at radius 1 is 1.13 bits per heavy atom. The molecule has 0 spiro atoms. The average Bonchev–Trinajstić information content (AvgIpc) is 2.77. The minimum absolute atomic E-state index is 0.0463. The summed E-state index contributed by atoms with van der Waals surface area (Å²) in [5, 5.41) is 15.5. The van der Waals surface area contributed by atoms with Gasteiger partial charge < -0.3 is 25.2 Å². The molecule has 0 unspecified atom stereocenters. The van der Waals surface area contributed by atoms with Gasteiger partial charge in [-0.15, -0.1) is 11.8 Å². The zero-order valence-corrected chi connectivity index (χ0v) is 18.3. The fourth-order valence-electron chi connectivity index (χ4n) is 2.60. The summed E-state index contributed by atoms with van der Waals surface area (Å²) < 4.78 is 23.8. The number of aliphatic hydroxyl groups is 1. The molecule has 0 saturated carbocycles. The van der Waals surface area contributed by atoms with Crippen LogP contribution >= 0.6 is 11.8 Å². The quantitative estimate of drug-likeness (QED) is 0.205. The molecule has 0 heterocycles. The van der Waals surface area contributed by atoms with Crippen LogP contribution in [0.25, 0.3) is 0 Å². The van der Waals surface area contributed by atoms with Gasteiger partial charge in [-0.3, -0.25) is 0 Å². The summed E-state index contributed by atoms with van der Waals surface area (Å²) >= 11 is 1.71. The number of halogens is 1. The first kappa shape index (κ1) is 23.8. The van der Waals surface area contributed by atoms with Crippen LogP contribution in [0.1, 0.15) is 18.9 Å². The smallest absolute Gasteiger partial charge is 0.191 e. The van der Waals surface area contributed by atoms with Crippen molar-refractivity contribution >= 4 is 17.7 Å².